The zero-order valence-electron chi connectivity index (χ0n) is 8.10. The summed E-state index contributed by atoms with van der Waals surface area (Å²) in [6.45, 7) is 0. The SMILES string of the molecule is COc1ccc([N+](=O)[O-])c(CC(N)=O)c1. The topological polar surface area (TPSA) is 95.5 Å². The zero-order chi connectivity index (χ0) is 11.4. The lowest BCUT2D eigenvalue weighted by Gasteiger charge is -2.03. The van der Waals surface area contributed by atoms with Crippen molar-refractivity contribution in [2.24, 2.45) is 5.73 Å². The summed E-state index contributed by atoms with van der Waals surface area (Å²) in [5.74, 6) is -0.164. The number of hydrogen-bond acceptors (Lipinski definition) is 4. The van der Waals surface area contributed by atoms with Crippen LogP contribution in [0.1, 0.15) is 5.56 Å². The molecule has 6 nitrogen and oxygen atoms in total. The minimum absolute atomic E-state index is 0.130. The second kappa shape index (κ2) is 4.41. The number of carbonyl (C=O) groups is 1. The number of nitro groups is 1. The number of nitrogens with zero attached hydrogens (tertiary/aromatic N) is 1. The number of nitrogens with two attached hydrogens (primary N) is 1. The van der Waals surface area contributed by atoms with Crippen LogP contribution in [0.5, 0.6) is 5.75 Å². The highest BCUT2D eigenvalue weighted by molar-refractivity contribution is 5.78. The van der Waals surface area contributed by atoms with Gasteiger partial charge in [-0.1, -0.05) is 0 Å². The molecule has 0 bridgehead atoms. The van der Waals surface area contributed by atoms with E-state index in [0.717, 1.165) is 0 Å². The maximum atomic E-state index is 10.7. The van der Waals surface area contributed by atoms with Gasteiger partial charge in [0.05, 0.1) is 18.5 Å². The van der Waals surface area contributed by atoms with E-state index in [2.05, 4.69) is 0 Å². The smallest absolute Gasteiger partial charge is 0.273 e. The summed E-state index contributed by atoms with van der Waals surface area (Å²) in [6.07, 6.45) is -0.173. The lowest BCUT2D eigenvalue weighted by Crippen LogP contribution is -2.14. The first-order valence-electron chi connectivity index (χ1n) is 4.14. The van der Waals surface area contributed by atoms with Crippen LogP contribution in [-0.2, 0) is 11.2 Å². The van der Waals surface area contributed by atoms with Crippen LogP contribution in [-0.4, -0.2) is 17.9 Å². The van der Waals surface area contributed by atoms with Crippen molar-refractivity contribution >= 4 is 11.6 Å². The van der Waals surface area contributed by atoms with Crippen molar-refractivity contribution in [2.45, 2.75) is 6.42 Å². The third kappa shape index (κ3) is 2.67. The average Bonchev–Trinajstić information content (AvgIpc) is 2.16. The molecular weight excluding hydrogens is 200 g/mol. The minimum atomic E-state index is -0.619. The maximum Gasteiger partial charge on any atom is 0.273 e. The molecule has 1 aromatic rings. The Morgan fingerprint density at radius 3 is 2.73 bits per heavy atom. The fourth-order valence-corrected chi connectivity index (χ4v) is 1.20. The van der Waals surface area contributed by atoms with Gasteiger partial charge in [-0.3, -0.25) is 14.9 Å². The Balaban J connectivity index is 3.16. The molecular formula is C9H10N2O4. The third-order valence-electron chi connectivity index (χ3n) is 1.85. The predicted octanol–water partition coefficient (Wildman–Crippen LogP) is 0.631. The third-order valence-corrected chi connectivity index (χ3v) is 1.85. The summed E-state index contributed by atoms with van der Waals surface area (Å²) in [5, 5.41) is 10.6. The van der Waals surface area contributed by atoms with E-state index in [4.69, 9.17) is 10.5 Å². The summed E-state index contributed by atoms with van der Waals surface area (Å²) in [5.41, 5.74) is 5.11. The second-order valence-corrected chi connectivity index (χ2v) is 2.89. The second-order valence-electron chi connectivity index (χ2n) is 2.89. The van der Waals surface area contributed by atoms with E-state index in [1.54, 1.807) is 0 Å². The van der Waals surface area contributed by atoms with Gasteiger partial charge in [0, 0.05) is 11.6 Å². The molecule has 0 aromatic heterocycles. The molecule has 2 N–H and O–H groups in total. The van der Waals surface area contributed by atoms with Crippen molar-refractivity contribution in [3.05, 3.63) is 33.9 Å². The largest absolute Gasteiger partial charge is 0.497 e. The van der Waals surface area contributed by atoms with E-state index in [1.165, 1.54) is 25.3 Å². The molecule has 15 heavy (non-hydrogen) atoms. The van der Waals surface area contributed by atoms with Crippen LogP contribution in [0.2, 0.25) is 0 Å². The van der Waals surface area contributed by atoms with Crippen molar-refractivity contribution in [2.75, 3.05) is 7.11 Å². The monoisotopic (exact) mass is 210 g/mol. The lowest BCUT2D eigenvalue weighted by molar-refractivity contribution is -0.385. The van der Waals surface area contributed by atoms with Gasteiger partial charge in [0.1, 0.15) is 5.75 Å². The van der Waals surface area contributed by atoms with Crippen LogP contribution in [0.15, 0.2) is 18.2 Å². The van der Waals surface area contributed by atoms with Gasteiger partial charge < -0.3 is 10.5 Å². The molecule has 1 aromatic carbocycles. The van der Waals surface area contributed by atoms with Crippen molar-refractivity contribution < 1.29 is 14.5 Å². The van der Waals surface area contributed by atoms with Crippen molar-refractivity contribution in [1.29, 1.82) is 0 Å². The van der Waals surface area contributed by atoms with Gasteiger partial charge in [0.2, 0.25) is 5.91 Å². The highest BCUT2D eigenvalue weighted by atomic mass is 16.6. The van der Waals surface area contributed by atoms with Gasteiger partial charge in [0.25, 0.3) is 5.69 Å². The van der Waals surface area contributed by atoms with E-state index in [1.807, 2.05) is 0 Å². The molecule has 1 amide bonds. The summed E-state index contributed by atoms with van der Waals surface area (Å²) < 4.78 is 4.90. The zero-order valence-corrected chi connectivity index (χ0v) is 8.10. The van der Waals surface area contributed by atoms with E-state index in [9.17, 15) is 14.9 Å². The van der Waals surface area contributed by atoms with Gasteiger partial charge in [-0.15, -0.1) is 0 Å². The molecule has 0 unspecified atom stereocenters. The number of methoxy groups -OCH3 is 1. The quantitative estimate of drug-likeness (QED) is 0.582. The Kier molecular flexibility index (Phi) is 3.22. The first kappa shape index (κ1) is 11.0. The van der Waals surface area contributed by atoms with Crippen LogP contribution < -0.4 is 10.5 Å². The molecule has 0 saturated carbocycles. The van der Waals surface area contributed by atoms with Gasteiger partial charge >= 0.3 is 0 Å². The number of carbonyl (C=O) groups excluding carboxylic acids is 1. The van der Waals surface area contributed by atoms with Crippen molar-refractivity contribution in [3.8, 4) is 5.75 Å². The fraction of sp³-hybridized carbons (Fsp3) is 0.222. The number of hydrogen-bond donors (Lipinski definition) is 1. The number of nitro benzene ring substituents is 1. The predicted molar refractivity (Wildman–Crippen MR) is 52.5 cm³/mol. The van der Waals surface area contributed by atoms with Gasteiger partial charge in [0.15, 0.2) is 0 Å². The van der Waals surface area contributed by atoms with E-state index in [0.29, 0.717) is 5.75 Å². The molecule has 0 atom stereocenters. The maximum absolute atomic E-state index is 10.7. The number of ether oxygens (including phenoxy) is 1. The van der Waals surface area contributed by atoms with E-state index in [-0.39, 0.29) is 17.7 Å². The Bertz CT molecular complexity index is 403. The number of benzene rings is 1. The summed E-state index contributed by atoms with van der Waals surface area (Å²) in [4.78, 5) is 20.8. The molecule has 0 saturated heterocycles. The molecule has 1 rings (SSSR count). The van der Waals surface area contributed by atoms with Crippen molar-refractivity contribution in [1.82, 2.24) is 0 Å². The Morgan fingerprint density at radius 2 is 2.27 bits per heavy atom. The van der Waals surface area contributed by atoms with Gasteiger partial charge in [-0.05, 0) is 12.1 Å². The van der Waals surface area contributed by atoms with E-state index < -0.39 is 10.8 Å². The van der Waals surface area contributed by atoms with Crippen LogP contribution in [0.25, 0.3) is 0 Å². The lowest BCUT2D eigenvalue weighted by atomic mass is 10.1. The average molecular weight is 210 g/mol. The molecule has 0 aliphatic heterocycles. The number of amides is 1. The number of rotatable bonds is 4. The molecule has 0 aliphatic rings. The van der Waals surface area contributed by atoms with Gasteiger partial charge in [-0.2, -0.15) is 0 Å². The first-order valence-corrected chi connectivity index (χ1v) is 4.14. The summed E-state index contributed by atoms with van der Waals surface area (Å²) >= 11 is 0. The highest BCUT2D eigenvalue weighted by Crippen LogP contribution is 2.24. The Hall–Kier alpha value is -2.11. The first-order chi connectivity index (χ1) is 7.04. The normalized spacial score (nSPS) is 9.67. The molecule has 0 radical (unpaired) electrons. The van der Waals surface area contributed by atoms with Crippen molar-refractivity contribution in [3.63, 3.8) is 0 Å². The summed E-state index contributed by atoms with van der Waals surface area (Å²) in [6, 6.07) is 4.18. The fourth-order valence-electron chi connectivity index (χ4n) is 1.20. The van der Waals surface area contributed by atoms with Crippen LogP contribution in [0, 0.1) is 10.1 Å². The van der Waals surface area contributed by atoms with Gasteiger partial charge in [-0.25, -0.2) is 0 Å². The Morgan fingerprint density at radius 1 is 1.60 bits per heavy atom. The highest BCUT2D eigenvalue weighted by Gasteiger charge is 2.15. The standard InChI is InChI=1S/C9H10N2O4/c1-15-7-2-3-8(11(13)14)6(4-7)5-9(10)12/h2-4H,5H2,1H3,(H2,10,12). The van der Waals surface area contributed by atoms with E-state index >= 15 is 0 Å². The Labute approximate surface area is 85.8 Å². The van der Waals surface area contributed by atoms with Crippen LogP contribution in [0.4, 0.5) is 5.69 Å². The summed E-state index contributed by atoms with van der Waals surface area (Å²) in [7, 11) is 1.44. The molecule has 0 spiro atoms. The molecule has 6 heteroatoms. The molecule has 80 valence electrons. The molecule has 0 aliphatic carbocycles. The van der Waals surface area contributed by atoms with Crippen LogP contribution in [0.3, 0.4) is 0 Å². The minimum Gasteiger partial charge on any atom is -0.497 e. The van der Waals surface area contributed by atoms with Crippen LogP contribution >= 0.6 is 0 Å². The number of primary amides is 1. The molecule has 0 fully saturated rings. The molecule has 0 heterocycles.